The number of nitrogens with one attached hydrogen (secondary N) is 1. The molecule has 0 radical (unpaired) electrons. The van der Waals surface area contributed by atoms with E-state index < -0.39 is 0 Å². The number of nitrogens with zero attached hydrogens (tertiary/aromatic N) is 2. The van der Waals surface area contributed by atoms with E-state index in [4.69, 9.17) is 0 Å². The van der Waals surface area contributed by atoms with Gasteiger partial charge in [-0.15, -0.1) is 0 Å². The Balaban J connectivity index is 1.76. The second-order valence-corrected chi connectivity index (χ2v) is 5.05. The first kappa shape index (κ1) is 15.4. The summed E-state index contributed by atoms with van der Waals surface area (Å²) in [4.78, 5) is 12.3. The summed E-state index contributed by atoms with van der Waals surface area (Å²) in [5.74, 6) is -0.807. The highest BCUT2D eigenvalue weighted by molar-refractivity contribution is 5.98. The second-order valence-electron chi connectivity index (χ2n) is 5.05. The number of hydrogen-bond acceptors (Lipinski definition) is 4. The maximum Gasteiger partial charge on any atom is 0.273 e. The van der Waals surface area contributed by atoms with Crippen molar-refractivity contribution in [3.05, 3.63) is 78.1 Å². The number of carbonyl (C=O) groups excluding carboxylic acids is 1. The number of amides is 1. The largest absolute Gasteiger partial charge is 0.504 e. The van der Waals surface area contributed by atoms with Crippen molar-refractivity contribution in [1.82, 2.24) is 9.99 Å². The Bertz CT molecular complexity index is 886. The zero-order valence-electron chi connectivity index (χ0n) is 12.6. The SMILES string of the molecule is O=C(NN=Cc1ccc(O)c(O)c1)c1ccccc1-n1cccc1. The molecule has 1 heterocycles. The van der Waals surface area contributed by atoms with Gasteiger partial charge in [-0.25, -0.2) is 5.43 Å². The lowest BCUT2D eigenvalue weighted by Gasteiger charge is -2.09. The van der Waals surface area contributed by atoms with Crippen molar-refractivity contribution < 1.29 is 15.0 Å². The molecular formula is C18H15N3O3. The highest BCUT2D eigenvalue weighted by Crippen LogP contribution is 2.24. The Morgan fingerprint density at radius 3 is 2.50 bits per heavy atom. The number of phenols is 2. The first-order chi connectivity index (χ1) is 11.6. The van der Waals surface area contributed by atoms with Gasteiger partial charge in [0.2, 0.25) is 0 Å². The molecule has 0 unspecified atom stereocenters. The third kappa shape index (κ3) is 3.27. The number of para-hydroxylation sites is 1. The maximum absolute atomic E-state index is 12.3. The third-order valence-electron chi connectivity index (χ3n) is 3.41. The van der Waals surface area contributed by atoms with Crippen molar-refractivity contribution >= 4 is 12.1 Å². The average molecular weight is 321 g/mol. The second kappa shape index (κ2) is 6.70. The molecule has 24 heavy (non-hydrogen) atoms. The van der Waals surface area contributed by atoms with Gasteiger partial charge in [-0.3, -0.25) is 4.79 Å². The minimum atomic E-state index is -0.349. The van der Waals surface area contributed by atoms with Gasteiger partial charge >= 0.3 is 0 Å². The zero-order chi connectivity index (χ0) is 16.9. The summed E-state index contributed by atoms with van der Waals surface area (Å²) in [5, 5.41) is 22.6. The molecule has 0 spiro atoms. The maximum atomic E-state index is 12.3. The highest BCUT2D eigenvalue weighted by Gasteiger charge is 2.10. The Morgan fingerprint density at radius 1 is 1.00 bits per heavy atom. The fourth-order valence-electron chi connectivity index (χ4n) is 2.23. The minimum Gasteiger partial charge on any atom is -0.504 e. The monoisotopic (exact) mass is 321 g/mol. The van der Waals surface area contributed by atoms with Crippen LogP contribution in [0.1, 0.15) is 15.9 Å². The van der Waals surface area contributed by atoms with Crippen LogP contribution >= 0.6 is 0 Å². The summed E-state index contributed by atoms with van der Waals surface area (Å²) in [5.41, 5.74) is 4.24. The first-order valence-electron chi connectivity index (χ1n) is 7.23. The van der Waals surface area contributed by atoms with E-state index in [1.165, 1.54) is 18.3 Å². The van der Waals surface area contributed by atoms with Crippen LogP contribution in [0.5, 0.6) is 11.5 Å². The van der Waals surface area contributed by atoms with Crippen LogP contribution in [-0.4, -0.2) is 26.9 Å². The lowest BCUT2D eigenvalue weighted by molar-refractivity contribution is 0.0955. The topological polar surface area (TPSA) is 86.8 Å². The lowest BCUT2D eigenvalue weighted by Crippen LogP contribution is -2.19. The quantitative estimate of drug-likeness (QED) is 0.392. The van der Waals surface area contributed by atoms with Gasteiger partial charge in [0.15, 0.2) is 11.5 Å². The number of carbonyl (C=O) groups is 1. The van der Waals surface area contributed by atoms with Crippen LogP contribution in [0.2, 0.25) is 0 Å². The predicted molar refractivity (Wildman–Crippen MR) is 90.6 cm³/mol. The van der Waals surface area contributed by atoms with Crippen LogP contribution in [-0.2, 0) is 0 Å². The number of rotatable bonds is 4. The number of hydrogen-bond donors (Lipinski definition) is 3. The summed E-state index contributed by atoms with van der Waals surface area (Å²) in [6.45, 7) is 0. The van der Waals surface area contributed by atoms with E-state index >= 15 is 0 Å². The van der Waals surface area contributed by atoms with E-state index in [0.717, 1.165) is 5.69 Å². The molecule has 3 N–H and O–H groups in total. The van der Waals surface area contributed by atoms with Crippen molar-refractivity contribution in [2.75, 3.05) is 0 Å². The van der Waals surface area contributed by atoms with Gasteiger partial charge in [0.25, 0.3) is 5.91 Å². The third-order valence-corrected chi connectivity index (χ3v) is 3.41. The van der Waals surface area contributed by atoms with Crippen LogP contribution in [0.3, 0.4) is 0 Å². The van der Waals surface area contributed by atoms with Gasteiger partial charge in [0.05, 0.1) is 17.5 Å². The number of phenolic OH excluding ortho intramolecular Hbond substituents is 2. The fraction of sp³-hybridized carbons (Fsp3) is 0. The minimum absolute atomic E-state index is 0.211. The van der Waals surface area contributed by atoms with Crippen molar-refractivity contribution in [3.8, 4) is 17.2 Å². The van der Waals surface area contributed by atoms with Gasteiger partial charge in [0, 0.05) is 12.4 Å². The molecule has 6 nitrogen and oxygen atoms in total. The average Bonchev–Trinajstić information content (AvgIpc) is 3.12. The van der Waals surface area contributed by atoms with Crippen LogP contribution < -0.4 is 5.43 Å². The van der Waals surface area contributed by atoms with E-state index in [9.17, 15) is 15.0 Å². The van der Waals surface area contributed by atoms with Crippen molar-refractivity contribution in [1.29, 1.82) is 0 Å². The van der Waals surface area contributed by atoms with Crippen molar-refractivity contribution in [2.45, 2.75) is 0 Å². The molecule has 0 aliphatic carbocycles. The molecular weight excluding hydrogens is 306 g/mol. The standard InChI is InChI=1S/C18H15N3O3/c22-16-8-7-13(11-17(16)23)12-19-20-18(24)14-5-1-2-6-15(14)21-9-3-4-10-21/h1-12,22-23H,(H,20,24). The molecule has 0 aliphatic heterocycles. The molecule has 3 rings (SSSR count). The number of hydrazone groups is 1. The molecule has 1 amide bonds. The van der Waals surface area contributed by atoms with Gasteiger partial charge in [-0.05, 0) is 48.0 Å². The van der Waals surface area contributed by atoms with E-state index in [1.54, 1.807) is 18.2 Å². The highest BCUT2D eigenvalue weighted by atomic mass is 16.3. The number of aromatic hydroxyl groups is 2. The molecule has 0 saturated carbocycles. The Morgan fingerprint density at radius 2 is 1.75 bits per heavy atom. The molecule has 0 aliphatic rings. The van der Waals surface area contributed by atoms with E-state index in [-0.39, 0.29) is 17.4 Å². The van der Waals surface area contributed by atoms with Crippen molar-refractivity contribution in [2.24, 2.45) is 5.10 Å². The summed E-state index contributed by atoms with van der Waals surface area (Å²) < 4.78 is 1.84. The van der Waals surface area contributed by atoms with E-state index in [0.29, 0.717) is 11.1 Å². The van der Waals surface area contributed by atoms with Crippen LogP contribution in [0.4, 0.5) is 0 Å². The van der Waals surface area contributed by atoms with E-state index in [1.807, 2.05) is 41.2 Å². The molecule has 0 saturated heterocycles. The van der Waals surface area contributed by atoms with Crippen LogP contribution in [0, 0.1) is 0 Å². The predicted octanol–water partition coefficient (Wildman–Crippen LogP) is 2.65. The zero-order valence-corrected chi connectivity index (χ0v) is 12.6. The molecule has 3 aromatic rings. The Labute approximate surface area is 138 Å². The smallest absolute Gasteiger partial charge is 0.273 e. The molecule has 2 aromatic carbocycles. The van der Waals surface area contributed by atoms with Gasteiger partial charge in [-0.2, -0.15) is 5.10 Å². The van der Waals surface area contributed by atoms with Gasteiger partial charge < -0.3 is 14.8 Å². The first-order valence-corrected chi connectivity index (χ1v) is 7.23. The fourth-order valence-corrected chi connectivity index (χ4v) is 2.23. The van der Waals surface area contributed by atoms with Gasteiger partial charge in [-0.1, -0.05) is 12.1 Å². The number of aromatic nitrogens is 1. The van der Waals surface area contributed by atoms with Crippen molar-refractivity contribution in [3.63, 3.8) is 0 Å². The summed E-state index contributed by atoms with van der Waals surface area (Å²) in [6.07, 6.45) is 5.10. The summed E-state index contributed by atoms with van der Waals surface area (Å²) in [6, 6.07) is 15.2. The van der Waals surface area contributed by atoms with E-state index in [2.05, 4.69) is 10.5 Å². The molecule has 0 atom stereocenters. The molecule has 6 heteroatoms. The molecule has 0 bridgehead atoms. The molecule has 0 fully saturated rings. The Kier molecular flexibility index (Phi) is 4.29. The number of benzene rings is 2. The Hall–Kier alpha value is -3.54. The molecule has 1 aromatic heterocycles. The summed E-state index contributed by atoms with van der Waals surface area (Å²) >= 11 is 0. The van der Waals surface area contributed by atoms with Crippen LogP contribution in [0.25, 0.3) is 5.69 Å². The van der Waals surface area contributed by atoms with Gasteiger partial charge in [0.1, 0.15) is 0 Å². The normalized spacial score (nSPS) is 10.8. The summed E-state index contributed by atoms with van der Waals surface area (Å²) in [7, 11) is 0. The molecule has 120 valence electrons. The lowest BCUT2D eigenvalue weighted by atomic mass is 10.1. The van der Waals surface area contributed by atoms with Crippen LogP contribution in [0.15, 0.2) is 72.1 Å².